The van der Waals surface area contributed by atoms with Crippen molar-refractivity contribution in [2.45, 2.75) is 53.0 Å². The molecule has 0 saturated carbocycles. The van der Waals surface area contributed by atoms with Crippen molar-refractivity contribution in [1.82, 2.24) is 20.3 Å². The lowest BCUT2D eigenvalue weighted by molar-refractivity contribution is 0.428. The summed E-state index contributed by atoms with van der Waals surface area (Å²) < 4.78 is 1.97. The number of nitrogens with zero attached hydrogens (tertiary/aromatic N) is 3. The summed E-state index contributed by atoms with van der Waals surface area (Å²) in [4.78, 5) is 0. The van der Waals surface area contributed by atoms with Crippen molar-refractivity contribution in [2.24, 2.45) is 11.8 Å². The first-order chi connectivity index (χ1) is 8.61. The van der Waals surface area contributed by atoms with Crippen LogP contribution in [0.15, 0.2) is 6.20 Å². The van der Waals surface area contributed by atoms with E-state index in [1.54, 1.807) is 0 Å². The molecule has 1 aromatic rings. The Kier molecular flexibility index (Phi) is 6.94. The second-order valence-electron chi connectivity index (χ2n) is 5.73. The van der Waals surface area contributed by atoms with Crippen LogP contribution in [0.4, 0.5) is 0 Å². The highest BCUT2D eigenvalue weighted by molar-refractivity contribution is 4.92. The molecule has 4 nitrogen and oxygen atoms in total. The van der Waals surface area contributed by atoms with Crippen LogP contribution in [0.5, 0.6) is 0 Å². The van der Waals surface area contributed by atoms with Crippen molar-refractivity contribution in [1.29, 1.82) is 0 Å². The van der Waals surface area contributed by atoms with E-state index in [0.717, 1.165) is 31.1 Å². The molecule has 0 aliphatic carbocycles. The molecule has 1 heterocycles. The van der Waals surface area contributed by atoms with Gasteiger partial charge >= 0.3 is 0 Å². The van der Waals surface area contributed by atoms with E-state index in [1.165, 1.54) is 19.3 Å². The topological polar surface area (TPSA) is 42.7 Å². The SMILES string of the molecule is CNCC(C)Cn1cc(CCCCC(C)C)nn1. The molecular formula is C14H28N4. The van der Waals surface area contributed by atoms with Crippen LogP contribution in [-0.2, 0) is 13.0 Å². The summed E-state index contributed by atoms with van der Waals surface area (Å²) >= 11 is 0. The van der Waals surface area contributed by atoms with Gasteiger partial charge in [0.1, 0.15) is 0 Å². The summed E-state index contributed by atoms with van der Waals surface area (Å²) in [5.74, 6) is 1.40. The molecule has 0 aromatic carbocycles. The molecule has 0 amide bonds. The van der Waals surface area contributed by atoms with Gasteiger partial charge < -0.3 is 5.32 Å². The fourth-order valence-corrected chi connectivity index (χ4v) is 2.13. The normalized spacial score (nSPS) is 13.2. The predicted molar refractivity (Wildman–Crippen MR) is 75.5 cm³/mol. The van der Waals surface area contributed by atoms with Gasteiger partial charge in [0.05, 0.1) is 5.69 Å². The summed E-state index contributed by atoms with van der Waals surface area (Å²) in [7, 11) is 1.98. The average molecular weight is 252 g/mol. The lowest BCUT2D eigenvalue weighted by Crippen LogP contribution is -2.20. The van der Waals surface area contributed by atoms with E-state index in [1.807, 2.05) is 11.7 Å². The maximum Gasteiger partial charge on any atom is 0.0827 e. The van der Waals surface area contributed by atoms with Gasteiger partial charge in [-0.1, -0.05) is 38.8 Å². The Morgan fingerprint density at radius 2 is 2.06 bits per heavy atom. The molecule has 0 bridgehead atoms. The minimum atomic E-state index is 0.588. The first-order valence-electron chi connectivity index (χ1n) is 7.15. The third kappa shape index (κ3) is 6.15. The summed E-state index contributed by atoms with van der Waals surface area (Å²) in [5.41, 5.74) is 1.13. The zero-order valence-corrected chi connectivity index (χ0v) is 12.3. The summed E-state index contributed by atoms with van der Waals surface area (Å²) in [6.45, 7) is 8.74. The van der Waals surface area contributed by atoms with Crippen molar-refractivity contribution in [2.75, 3.05) is 13.6 Å². The highest BCUT2D eigenvalue weighted by Crippen LogP contribution is 2.09. The number of nitrogens with one attached hydrogen (secondary N) is 1. The first-order valence-corrected chi connectivity index (χ1v) is 7.15. The third-order valence-corrected chi connectivity index (χ3v) is 3.10. The van der Waals surface area contributed by atoms with Crippen LogP contribution >= 0.6 is 0 Å². The van der Waals surface area contributed by atoms with Crippen LogP contribution in [0.1, 0.15) is 45.7 Å². The standard InChI is InChI=1S/C14H28N4/c1-12(2)7-5-6-8-14-11-18(17-16-14)10-13(3)9-15-4/h11-13,15H,5-10H2,1-4H3. The van der Waals surface area contributed by atoms with Crippen LogP contribution < -0.4 is 5.32 Å². The van der Waals surface area contributed by atoms with Gasteiger partial charge in [0.2, 0.25) is 0 Å². The van der Waals surface area contributed by atoms with Crippen molar-refractivity contribution in [3.63, 3.8) is 0 Å². The molecule has 4 heteroatoms. The molecule has 1 aromatic heterocycles. The fraction of sp³-hybridized carbons (Fsp3) is 0.857. The minimum absolute atomic E-state index is 0.588. The summed E-state index contributed by atoms with van der Waals surface area (Å²) in [6, 6.07) is 0. The molecule has 1 N–H and O–H groups in total. The van der Waals surface area contributed by atoms with Crippen molar-refractivity contribution in [3.05, 3.63) is 11.9 Å². The molecule has 0 aliphatic rings. The van der Waals surface area contributed by atoms with E-state index in [2.05, 4.69) is 42.6 Å². The maximum atomic E-state index is 4.24. The Morgan fingerprint density at radius 3 is 2.72 bits per heavy atom. The maximum absolute atomic E-state index is 4.24. The van der Waals surface area contributed by atoms with Gasteiger partial charge in [-0.05, 0) is 38.3 Å². The highest BCUT2D eigenvalue weighted by atomic mass is 15.4. The molecule has 0 saturated heterocycles. The summed E-state index contributed by atoms with van der Waals surface area (Å²) in [5, 5.41) is 11.6. The van der Waals surface area contributed by atoms with Gasteiger partial charge in [0.15, 0.2) is 0 Å². The van der Waals surface area contributed by atoms with E-state index >= 15 is 0 Å². The molecule has 1 atom stereocenters. The monoisotopic (exact) mass is 252 g/mol. The smallest absolute Gasteiger partial charge is 0.0827 e. The lowest BCUT2D eigenvalue weighted by Gasteiger charge is -2.09. The van der Waals surface area contributed by atoms with Crippen LogP contribution in [-0.4, -0.2) is 28.6 Å². The summed E-state index contributed by atoms with van der Waals surface area (Å²) in [6.07, 6.45) is 6.99. The van der Waals surface area contributed by atoms with Crippen LogP contribution in [0.3, 0.4) is 0 Å². The van der Waals surface area contributed by atoms with Crippen LogP contribution in [0.25, 0.3) is 0 Å². The molecule has 0 radical (unpaired) electrons. The van der Waals surface area contributed by atoms with Gasteiger partial charge in [-0.2, -0.15) is 0 Å². The predicted octanol–water partition coefficient (Wildman–Crippen LogP) is 2.50. The van der Waals surface area contributed by atoms with Gasteiger partial charge in [-0.3, -0.25) is 4.68 Å². The number of rotatable bonds is 9. The molecule has 0 spiro atoms. The van der Waals surface area contributed by atoms with E-state index in [-0.39, 0.29) is 0 Å². The molecule has 1 rings (SSSR count). The fourth-order valence-electron chi connectivity index (χ4n) is 2.13. The molecule has 0 fully saturated rings. The average Bonchev–Trinajstić information content (AvgIpc) is 2.72. The molecule has 104 valence electrons. The second kappa shape index (κ2) is 8.25. The quantitative estimate of drug-likeness (QED) is 0.687. The van der Waals surface area contributed by atoms with Gasteiger partial charge in [-0.15, -0.1) is 5.10 Å². The lowest BCUT2D eigenvalue weighted by atomic mass is 10.0. The van der Waals surface area contributed by atoms with Crippen molar-refractivity contribution in [3.8, 4) is 0 Å². The second-order valence-corrected chi connectivity index (χ2v) is 5.73. The highest BCUT2D eigenvalue weighted by Gasteiger charge is 2.05. The van der Waals surface area contributed by atoms with Crippen LogP contribution in [0.2, 0.25) is 0 Å². The zero-order valence-electron chi connectivity index (χ0n) is 12.3. The van der Waals surface area contributed by atoms with Gasteiger partial charge in [-0.25, -0.2) is 0 Å². The Balaban J connectivity index is 2.25. The van der Waals surface area contributed by atoms with E-state index in [0.29, 0.717) is 5.92 Å². The van der Waals surface area contributed by atoms with E-state index in [9.17, 15) is 0 Å². The Morgan fingerprint density at radius 1 is 1.28 bits per heavy atom. The van der Waals surface area contributed by atoms with Crippen LogP contribution in [0, 0.1) is 11.8 Å². The minimum Gasteiger partial charge on any atom is -0.319 e. The van der Waals surface area contributed by atoms with Crippen molar-refractivity contribution < 1.29 is 0 Å². The Labute approximate surface area is 111 Å². The third-order valence-electron chi connectivity index (χ3n) is 3.10. The number of hydrogen-bond donors (Lipinski definition) is 1. The Bertz CT molecular complexity index is 319. The van der Waals surface area contributed by atoms with E-state index < -0.39 is 0 Å². The Hall–Kier alpha value is -0.900. The largest absolute Gasteiger partial charge is 0.319 e. The van der Waals surface area contributed by atoms with Gasteiger partial charge in [0.25, 0.3) is 0 Å². The van der Waals surface area contributed by atoms with E-state index in [4.69, 9.17) is 0 Å². The zero-order chi connectivity index (χ0) is 13.4. The molecule has 1 unspecified atom stereocenters. The number of aryl methyl sites for hydroxylation is 1. The number of unbranched alkanes of at least 4 members (excludes halogenated alkanes) is 1. The molecule has 0 aliphatic heterocycles. The number of hydrogen-bond acceptors (Lipinski definition) is 3. The molecular weight excluding hydrogens is 224 g/mol. The molecule has 18 heavy (non-hydrogen) atoms. The first kappa shape index (κ1) is 15.2. The van der Waals surface area contributed by atoms with Gasteiger partial charge in [0, 0.05) is 12.7 Å². The number of aromatic nitrogens is 3. The van der Waals surface area contributed by atoms with Crippen molar-refractivity contribution >= 4 is 0 Å².